The minimum Gasteiger partial charge on any atom is -0.310 e. The van der Waals surface area contributed by atoms with E-state index in [1.54, 1.807) is 19.1 Å². The van der Waals surface area contributed by atoms with Crippen molar-refractivity contribution in [3.8, 4) is 12.3 Å². The van der Waals surface area contributed by atoms with Crippen molar-refractivity contribution in [1.29, 1.82) is 0 Å². The van der Waals surface area contributed by atoms with Crippen molar-refractivity contribution in [2.24, 2.45) is 0 Å². The van der Waals surface area contributed by atoms with Gasteiger partial charge in [0.25, 0.3) is 0 Å². The van der Waals surface area contributed by atoms with Gasteiger partial charge in [-0.1, -0.05) is 12.1 Å². The molecule has 2 rings (SSSR count). The van der Waals surface area contributed by atoms with Crippen LogP contribution in [0.25, 0.3) is 0 Å². The molecule has 0 radical (unpaired) electrons. The van der Waals surface area contributed by atoms with Crippen molar-refractivity contribution in [3.05, 3.63) is 29.8 Å². The SMILES string of the molecule is C#CCC(C)NS(=O)(=O)c1ccc(CNC2CC2)cc1. The topological polar surface area (TPSA) is 58.2 Å². The fourth-order valence-electron chi connectivity index (χ4n) is 1.89. The van der Waals surface area contributed by atoms with E-state index in [0.29, 0.717) is 12.5 Å². The number of terminal acetylenes is 1. The van der Waals surface area contributed by atoms with E-state index in [4.69, 9.17) is 6.42 Å². The van der Waals surface area contributed by atoms with E-state index in [2.05, 4.69) is 16.0 Å². The van der Waals surface area contributed by atoms with Gasteiger partial charge in [-0.25, -0.2) is 13.1 Å². The van der Waals surface area contributed by atoms with Gasteiger partial charge in [-0.05, 0) is 37.5 Å². The lowest BCUT2D eigenvalue weighted by molar-refractivity contribution is 0.563. The third-order valence-electron chi connectivity index (χ3n) is 3.19. The summed E-state index contributed by atoms with van der Waals surface area (Å²) in [7, 11) is -3.48. The van der Waals surface area contributed by atoms with Crippen molar-refractivity contribution >= 4 is 10.0 Å². The van der Waals surface area contributed by atoms with E-state index < -0.39 is 10.0 Å². The molecule has 0 heterocycles. The van der Waals surface area contributed by atoms with Gasteiger partial charge in [-0.15, -0.1) is 12.3 Å². The maximum Gasteiger partial charge on any atom is 0.240 e. The molecule has 0 aliphatic heterocycles. The molecule has 5 heteroatoms. The zero-order valence-electron chi connectivity index (χ0n) is 11.6. The van der Waals surface area contributed by atoms with Crippen LogP contribution >= 0.6 is 0 Å². The van der Waals surface area contributed by atoms with Crippen LogP contribution in [0.4, 0.5) is 0 Å². The molecule has 1 atom stereocenters. The maximum atomic E-state index is 12.1. The predicted octanol–water partition coefficient (Wildman–Crippen LogP) is 1.63. The van der Waals surface area contributed by atoms with Crippen molar-refractivity contribution in [2.45, 2.75) is 49.7 Å². The van der Waals surface area contributed by atoms with Gasteiger partial charge >= 0.3 is 0 Å². The third kappa shape index (κ3) is 4.34. The summed E-state index contributed by atoms with van der Waals surface area (Å²) in [6, 6.07) is 7.33. The Morgan fingerprint density at radius 2 is 2.00 bits per heavy atom. The summed E-state index contributed by atoms with van der Waals surface area (Å²) >= 11 is 0. The van der Waals surface area contributed by atoms with Gasteiger partial charge in [0.15, 0.2) is 0 Å². The Morgan fingerprint density at radius 3 is 2.55 bits per heavy atom. The van der Waals surface area contributed by atoms with E-state index in [1.807, 2.05) is 12.1 Å². The maximum absolute atomic E-state index is 12.1. The fraction of sp³-hybridized carbons (Fsp3) is 0.467. The normalized spacial score (nSPS) is 16.6. The molecule has 1 saturated carbocycles. The highest BCUT2D eigenvalue weighted by molar-refractivity contribution is 7.89. The summed E-state index contributed by atoms with van der Waals surface area (Å²) in [5.41, 5.74) is 1.09. The first-order valence-electron chi connectivity index (χ1n) is 6.79. The van der Waals surface area contributed by atoms with Gasteiger partial charge in [0, 0.05) is 25.0 Å². The third-order valence-corrected chi connectivity index (χ3v) is 4.79. The smallest absolute Gasteiger partial charge is 0.240 e. The van der Waals surface area contributed by atoms with Crippen LogP contribution in [-0.2, 0) is 16.6 Å². The fourth-order valence-corrected chi connectivity index (χ4v) is 3.13. The number of hydrogen-bond donors (Lipinski definition) is 2. The van der Waals surface area contributed by atoms with Crippen molar-refractivity contribution in [2.75, 3.05) is 0 Å². The largest absolute Gasteiger partial charge is 0.310 e. The van der Waals surface area contributed by atoms with Crippen LogP contribution in [0.1, 0.15) is 31.7 Å². The number of rotatable bonds is 7. The summed E-state index contributed by atoms with van der Waals surface area (Å²) in [6.45, 7) is 2.54. The highest BCUT2D eigenvalue weighted by atomic mass is 32.2. The molecule has 0 amide bonds. The Hall–Kier alpha value is -1.35. The highest BCUT2D eigenvalue weighted by Gasteiger charge is 2.20. The first kappa shape index (κ1) is 15.0. The Morgan fingerprint density at radius 1 is 1.35 bits per heavy atom. The predicted molar refractivity (Wildman–Crippen MR) is 79.5 cm³/mol. The van der Waals surface area contributed by atoms with Crippen LogP contribution in [0.3, 0.4) is 0 Å². The molecule has 20 heavy (non-hydrogen) atoms. The lowest BCUT2D eigenvalue weighted by Crippen LogP contribution is -2.32. The Bertz CT molecular complexity index is 583. The van der Waals surface area contributed by atoms with Gasteiger partial charge in [0.2, 0.25) is 10.0 Å². The Balaban J connectivity index is 1.98. The van der Waals surface area contributed by atoms with Crippen LogP contribution in [0.15, 0.2) is 29.2 Å². The van der Waals surface area contributed by atoms with E-state index in [1.165, 1.54) is 12.8 Å². The van der Waals surface area contributed by atoms with Crippen molar-refractivity contribution in [1.82, 2.24) is 10.0 Å². The molecule has 0 spiro atoms. The number of hydrogen-bond acceptors (Lipinski definition) is 3. The number of sulfonamides is 1. The van der Waals surface area contributed by atoms with Crippen molar-refractivity contribution in [3.63, 3.8) is 0 Å². The highest BCUT2D eigenvalue weighted by Crippen LogP contribution is 2.19. The summed E-state index contributed by atoms with van der Waals surface area (Å²) in [5.74, 6) is 2.45. The average molecular weight is 292 g/mol. The molecule has 0 aromatic heterocycles. The summed E-state index contributed by atoms with van der Waals surface area (Å²) in [5, 5.41) is 3.39. The van der Waals surface area contributed by atoms with Gasteiger partial charge in [0.1, 0.15) is 0 Å². The quantitative estimate of drug-likeness (QED) is 0.751. The standard InChI is InChI=1S/C15H20N2O2S/c1-3-4-12(2)17-20(18,19)15-9-5-13(6-10-15)11-16-14-7-8-14/h1,5-6,9-10,12,14,16-17H,4,7-8,11H2,2H3. The molecular weight excluding hydrogens is 272 g/mol. The lowest BCUT2D eigenvalue weighted by atomic mass is 10.2. The van der Waals surface area contributed by atoms with Crippen LogP contribution < -0.4 is 10.0 Å². The molecule has 1 aliphatic rings. The molecule has 108 valence electrons. The van der Waals surface area contributed by atoms with Crippen LogP contribution in [-0.4, -0.2) is 20.5 Å². The Kier molecular flexibility index (Phi) is 4.81. The lowest BCUT2D eigenvalue weighted by Gasteiger charge is -2.12. The molecule has 1 aromatic carbocycles. The van der Waals surface area contributed by atoms with Gasteiger partial charge < -0.3 is 5.32 Å². The molecule has 0 bridgehead atoms. The summed E-state index contributed by atoms with van der Waals surface area (Å²) in [4.78, 5) is 0.275. The molecule has 1 aromatic rings. The molecule has 0 saturated heterocycles. The average Bonchev–Trinajstić information content (AvgIpc) is 3.20. The van der Waals surface area contributed by atoms with Crippen molar-refractivity contribution < 1.29 is 8.42 Å². The van der Waals surface area contributed by atoms with E-state index in [0.717, 1.165) is 12.1 Å². The molecule has 4 nitrogen and oxygen atoms in total. The zero-order valence-corrected chi connectivity index (χ0v) is 12.4. The second-order valence-corrected chi connectivity index (χ2v) is 6.94. The first-order chi connectivity index (χ1) is 9.51. The van der Waals surface area contributed by atoms with Crippen LogP contribution in [0, 0.1) is 12.3 Å². The van der Waals surface area contributed by atoms with Crippen LogP contribution in [0.5, 0.6) is 0 Å². The molecule has 1 aliphatic carbocycles. The second kappa shape index (κ2) is 6.40. The second-order valence-electron chi connectivity index (χ2n) is 5.23. The molecule has 1 unspecified atom stereocenters. The number of nitrogens with one attached hydrogen (secondary N) is 2. The monoisotopic (exact) mass is 292 g/mol. The molecule has 2 N–H and O–H groups in total. The van der Waals surface area contributed by atoms with E-state index in [-0.39, 0.29) is 10.9 Å². The minimum absolute atomic E-state index is 0.263. The molecule has 1 fully saturated rings. The van der Waals surface area contributed by atoms with Gasteiger partial charge in [0.05, 0.1) is 4.90 Å². The van der Waals surface area contributed by atoms with Gasteiger partial charge in [-0.2, -0.15) is 0 Å². The first-order valence-corrected chi connectivity index (χ1v) is 8.27. The zero-order chi connectivity index (χ0) is 14.6. The summed E-state index contributed by atoms with van der Waals surface area (Å²) in [6.07, 6.45) is 8.03. The number of benzene rings is 1. The van der Waals surface area contributed by atoms with Crippen LogP contribution in [0.2, 0.25) is 0 Å². The minimum atomic E-state index is -3.48. The Labute approximate surface area is 121 Å². The summed E-state index contributed by atoms with van der Waals surface area (Å²) < 4.78 is 26.8. The van der Waals surface area contributed by atoms with E-state index in [9.17, 15) is 8.42 Å². The van der Waals surface area contributed by atoms with E-state index >= 15 is 0 Å². The van der Waals surface area contributed by atoms with Gasteiger partial charge in [-0.3, -0.25) is 0 Å². The molecular formula is C15H20N2O2S.